The van der Waals surface area contributed by atoms with Gasteiger partial charge in [-0.25, -0.2) is 4.39 Å². The molecule has 0 unspecified atom stereocenters. The number of methoxy groups -OCH3 is 1. The van der Waals surface area contributed by atoms with Crippen molar-refractivity contribution in [3.63, 3.8) is 0 Å². The molecule has 0 heterocycles. The molecule has 0 spiro atoms. The van der Waals surface area contributed by atoms with Gasteiger partial charge in [-0.3, -0.25) is 14.4 Å². The van der Waals surface area contributed by atoms with Gasteiger partial charge in [-0.2, -0.15) is 0 Å². The van der Waals surface area contributed by atoms with Gasteiger partial charge in [0, 0.05) is 12.8 Å². The number of Topliss-reactive ketones (excluding diaryl/α,β-unsaturated/α-hetero) is 2. The largest absolute Gasteiger partial charge is 0.468 e. The smallest absolute Gasteiger partial charge is 0.322 e. The third-order valence-corrected chi connectivity index (χ3v) is 3.71. The molecule has 0 saturated heterocycles. The molecule has 0 saturated carbocycles. The highest BCUT2D eigenvalue weighted by atomic mass is 19.1. The standard InChI is InChI=1S/C18H24FNO4/c1-24-18(23)17(20)10-4-2-3-8-14(21)12-15(22)11-13-7-5-6-9-16(13)19/h5-7,9,17H,2-4,8,10-12,20H2,1H3/t17-/m0/s1. The van der Waals surface area contributed by atoms with Crippen LogP contribution in [0.1, 0.15) is 44.1 Å². The molecule has 0 aliphatic heterocycles. The summed E-state index contributed by atoms with van der Waals surface area (Å²) in [7, 11) is 1.29. The lowest BCUT2D eigenvalue weighted by atomic mass is 10.0. The van der Waals surface area contributed by atoms with Gasteiger partial charge in [0.2, 0.25) is 0 Å². The Kier molecular flexibility index (Phi) is 8.86. The van der Waals surface area contributed by atoms with E-state index in [1.165, 1.54) is 13.2 Å². The fraction of sp³-hybridized carbons (Fsp3) is 0.500. The van der Waals surface area contributed by atoms with Crippen molar-refractivity contribution < 1.29 is 23.5 Å². The Hall–Kier alpha value is -2.08. The normalized spacial score (nSPS) is 11.8. The predicted octanol–water partition coefficient (Wildman–Crippen LogP) is 2.35. The zero-order valence-corrected chi connectivity index (χ0v) is 13.9. The van der Waals surface area contributed by atoms with Crippen molar-refractivity contribution in [1.82, 2.24) is 0 Å². The summed E-state index contributed by atoms with van der Waals surface area (Å²) in [5.41, 5.74) is 5.92. The second-order valence-corrected chi connectivity index (χ2v) is 5.75. The van der Waals surface area contributed by atoms with Crippen LogP contribution in [0.4, 0.5) is 4.39 Å². The van der Waals surface area contributed by atoms with E-state index in [4.69, 9.17) is 5.73 Å². The Bertz CT molecular complexity index is 574. The van der Waals surface area contributed by atoms with Gasteiger partial charge in [0.25, 0.3) is 0 Å². The van der Waals surface area contributed by atoms with E-state index in [9.17, 15) is 18.8 Å². The molecular weight excluding hydrogens is 313 g/mol. The molecule has 0 amide bonds. The second kappa shape index (κ2) is 10.6. The summed E-state index contributed by atoms with van der Waals surface area (Å²) < 4.78 is 18.0. The van der Waals surface area contributed by atoms with E-state index < -0.39 is 17.8 Å². The van der Waals surface area contributed by atoms with Gasteiger partial charge in [-0.1, -0.05) is 31.0 Å². The number of ether oxygens (including phenoxy) is 1. The predicted molar refractivity (Wildman–Crippen MR) is 87.8 cm³/mol. The Labute approximate surface area is 141 Å². The van der Waals surface area contributed by atoms with Crippen molar-refractivity contribution in [3.8, 4) is 0 Å². The first-order chi connectivity index (χ1) is 11.4. The number of hydrogen-bond acceptors (Lipinski definition) is 5. The van der Waals surface area contributed by atoms with Crippen LogP contribution in [0.25, 0.3) is 0 Å². The average Bonchev–Trinajstić information content (AvgIpc) is 2.55. The Morgan fingerprint density at radius 2 is 1.83 bits per heavy atom. The summed E-state index contributed by atoms with van der Waals surface area (Å²) in [5.74, 6) is -1.29. The molecule has 1 aromatic rings. The third kappa shape index (κ3) is 7.46. The maximum atomic E-state index is 13.4. The minimum absolute atomic E-state index is 0.0631. The molecule has 0 aliphatic rings. The molecule has 132 valence electrons. The van der Waals surface area contributed by atoms with E-state index in [1.54, 1.807) is 18.2 Å². The number of halogens is 1. The highest BCUT2D eigenvalue weighted by molar-refractivity contribution is 5.99. The van der Waals surface area contributed by atoms with Crippen LogP contribution in [-0.4, -0.2) is 30.7 Å². The van der Waals surface area contributed by atoms with Crippen LogP contribution in [0.5, 0.6) is 0 Å². The molecule has 1 atom stereocenters. The van der Waals surface area contributed by atoms with E-state index in [0.29, 0.717) is 31.2 Å². The maximum absolute atomic E-state index is 13.4. The van der Waals surface area contributed by atoms with Gasteiger partial charge in [0.05, 0.1) is 13.5 Å². The van der Waals surface area contributed by atoms with Crippen LogP contribution < -0.4 is 5.73 Å². The lowest BCUT2D eigenvalue weighted by Gasteiger charge is -2.08. The molecule has 0 aromatic heterocycles. The highest BCUT2D eigenvalue weighted by Crippen LogP contribution is 2.11. The van der Waals surface area contributed by atoms with Crippen molar-refractivity contribution in [2.24, 2.45) is 5.73 Å². The highest BCUT2D eigenvalue weighted by Gasteiger charge is 2.14. The van der Waals surface area contributed by atoms with Crippen molar-refractivity contribution in [1.29, 1.82) is 0 Å². The van der Waals surface area contributed by atoms with E-state index in [0.717, 1.165) is 6.42 Å². The summed E-state index contributed by atoms with van der Waals surface area (Å²) in [6, 6.07) is 5.42. The molecule has 5 nitrogen and oxygen atoms in total. The average molecular weight is 337 g/mol. The van der Waals surface area contributed by atoms with Crippen molar-refractivity contribution in [2.45, 2.75) is 51.0 Å². The Morgan fingerprint density at radius 1 is 1.12 bits per heavy atom. The van der Waals surface area contributed by atoms with Gasteiger partial charge in [0.1, 0.15) is 23.4 Å². The second-order valence-electron chi connectivity index (χ2n) is 5.75. The minimum atomic E-state index is -0.631. The number of rotatable bonds is 11. The number of benzene rings is 1. The Balaban J connectivity index is 2.19. The molecule has 1 rings (SSSR count). The number of ketones is 2. The van der Waals surface area contributed by atoms with Gasteiger partial charge in [0.15, 0.2) is 0 Å². The van der Waals surface area contributed by atoms with Crippen LogP contribution >= 0.6 is 0 Å². The SMILES string of the molecule is COC(=O)[C@@H](N)CCCCCC(=O)CC(=O)Cc1ccccc1F. The number of esters is 1. The summed E-state index contributed by atoms with van der Waals surface area (Å²) in [5, 5.41) is 0. The minimum Gasteiger partial charge on any atom is -0.468 e. The summed E-state index contributed by atoms with van der Waals surface area (Å²) >= 11 is 0. The number of unbranched alkanes of at least 4 members (excludes halogenated alkanes) is 2. The summed E-state index contributed by atoms with van der Waals surface area (Å²) in [6.07, 6.45) is 2.68. The van der Waals surface area contributed by atoms with Crippen LogP contribution in [0, 0.1) is 5.82 Å². The van der Waals surface area contributed by atoms with Gasteiger partial charge < -0.3 is 10.5 Å². The lowest BCUT2D eigenvalue weighted by molar-refractivity contribution is -0.142. The first kappa shape index (κ1) is 20.0. The van der Waals surface area contributed by atoms with Gasteiger partial charge in [-0.15, -0.1) is 0 Å². The van der Waals surface area contributed by atoms with E-state index in [-0.39, 0.29) is 24.4 Å². The quantitative estimate of drug-likeness (QED) is 0.380. The molecule has 0 aliphatic carbocycles. The zero-order chi connectivity index (χ0) is 17.9. The summed E-state index contributed by atoms with van der Waals surface area (Å²) in [4.78, 5) is 34.7. The van der Waals surface area contributed by atoms with Crippen LogP contribution in [-0.2, 0) is 25.5 Å². The topological polar surface area (TPSA) is 86.5 Å². The molecule has 24 heavy (non-hydrogen) atoms. The fourth-order valence-corrected chi connectivity index (χ4v) is 2.36. The van der Waals surface area contributed by atoms with Crippen LogP contribution in [0.3, 0.4) is 0 Å². The third-order valence-electron chi connectivity index (χ3n) is 3.71. The molecule has 2 N–H and O–H groups in total. The van der Waals surface area contributed by atoms with Crippen molar-refractivity contribution in [3.05, 3.63) is 35.6 Å². The number of nitrogens with two attached hydrogens (primary N) is 1. The van der Waals surface area contributed by atoms with Gasteiger partial charge >= 0.3 is 5.97 Å². The molecular formula is C18H24FNO4. The first-order valence-electron chi connectivity index (χ1n) is 8.04. The van der Waals surface area contributed by atoms with Crippen LogP contribution in [0.15, 0.2) is 24.3 Å². The van der Waals surface area contributed by atoms with Crippen LogP contribution in [0.2, 0.25) is 0 Å². The Morgan fingerprint density at radius 3 is 2.50 bits per heavy atom. The number of hydrogen-bond donors (Lipinski definition) is 1. The van der Waals surface area contributed by atoms with Gasteiger partial charge in [-0.05, 0) is 24.5 Å². The van der Waals surface area contributed by atoms with E-state index in [2.05, 4.69) is 4.74 Å². The molecule has 0 bridgehead atoms. The van der Waals surface area contributed by atoms with Crippen molar-refractivity contribution >= 4 is 17.5 Å². The summed E-state index contributed by atoms with van der Waals surface area (Å²) in [6.45, 7) is 0. The number of carbonyl (C=O) groups excluding carboxylic acids is 3. The lowest BCUT2D eigenvalue weighted by Crippen LogP contribution is -2.31. The zero-order valence-electron chi connectivity index (χ0n) is 13.9. The fourth-order valence-electron chi connectivity index (χ4n) is 2.36. The number of carbonyl (C=O) groups is 3. The molecule has 0 radical (unpaired) electrons. The first-order valence-corrected chi connectivity index (χ1v) is 8.04. The molecule has 0 fully saturated rings. The maximum Gasteiger partial charge on any atom is 0.322 e. The van der Waals surface area contributed by atoms with E-state index in [1.807, 2.05) is 0 Å². The van der Waals surface area contributed by atoms with Crippen molar-refractivity contribution in [2.75, 3.05) is 7.11 Å². The monoisotopic (exact) mass is 337 g/mol. The molecule has 1 aromatic carbocycles. The van der Waals surface area contributed by atoms with E-state index >= 15 is 0 Å². The molecule has 6 heteroatoms.